The first kappa shape index (κ1) is 19.2. The monoisotopic (exact) mass is 374 g/mol. The molecule has 8 heteroatoms. The molecule has 146 valence electrons. The summed E-state index contributed by atoms with van der Waals surface area (Å²) in [5.41, 5.74) is 3.10. The second-order valence-electron chi connectivity index (χ2n) is 6.85. The van der Waals surface area contributed by atoms with Crippen molar-refractivity contribution in [2.45, 2.75) is 34.2 Å². The van der Waals surface area contributed by atoms with Crippen molar-refractivity contribution in [3.63, 3.8) is 0 Å². The Bertz CT molecular complexity index is 831. The molecule has 0 aromatic carbocycles. The fourth-order valence-corrected chi connectivity index (χ4v) is 3.45. The molecular formula is C19H26N4O4. The SMILES string of the molecule is CCOC(=O)c1c(C)[nH]c(C(=O)N2CCN(Cc3cc(C)no3)CC2)c1C. The van der Waals surface area contributed by atoms with E-state index in [4.69, 9.17) is 9.26 Å². The molecule has 2 aromatic rings. The number of carbonyl (C=O) groups excluding carboxylic acids is 2. The molecule has 0 unspecified atom stereocenters. The average molecular weight is 374 g/mol. The summed E-state index contributed by atoms with van der Waals surface area (Å²) in [6, 6.07) is 1.93. The summed E-state index contributed by atoms with van der Waals surface area (Å²) in [6.45, 7) is 11.0. The van der Waals surface area contributed by atoms with Crippen molar-refractivity contribution in [1.82, 2.24) is 19.9 Å². The van der Waals surface area contributed by atoms with Crippen molar-refractivity contribution in [3.05, 3.63) is 40.0 Å². The van der Waals surface area contributed by atoms with Gasteiger partial charge in [-0.1, -0.05) is 5.16 Å². The number of hydrogen-bond donors (Lipinski definition) is 1. The summed E-state index contributed by atoms with van der Waals surface area (Å²) in [7, 11) is 0. The van der Waals surface area contributed by atoms with E-state index in [1.54, 1.807) is 20.8 Å². The lowest BCUT2D eigenvalue weighted by molar-refractivity contribution is 0.0525. The molecule has 0 radical (unpaired) electrons. The second kappa shape index (κ2) is 7.96. The predicted octanol–water partition coefficient (Wildman–Crippen LogP) is 2.06. The van der Waals surface area contributed by atoms with Gasteiger partial charge in [-0.15, -0.1) is 0 Å². The molecule has 8 nitrogen and oxygen atoms in total. The number of hydrogen-bond acceptors (Lipinski definition) is 6. The molecule has 0 aliphatic carbocycles. The Morgan fingerprint density at radius 2 is 1.93 bits per heavy atom. The van der Waals surface area contributed by atoms with E-state index in [0.29, 0.717) is 48.8 Å². The number of H-pyrrole nitrogens is 1. The molecule has 0 spiro atoms. The highest BCUT2D eigenvalue weighted by Gasteiger charge is 2.28. The van der Waals surface area contributed by atoms with Gasteiger partial charge in [-0.2, -0.15) is 0 Å². The highest BCUT2D eigenvalue weighted by molar-refractivity contribution is 6.00. The highest BCUT2D eigenvalue weighted by Crippen LogP contribution is 2.21. The maximum atomic E-state index is 12.9. The van der Waals surface area contributed by atoms with Gasteiger partial charge in [-0.05, 0) is 33.3 Å². The Hall–Kier alpha value is -2.61. The molecule has 2 aromatic heterocycles. The summed E-state index contributed by atoms with van der Waals surface area (Å²) in [5, 5.41) is 3.90. The third-order valence-electron chi connectivity index (χ3n) is 4.85. The molecule has 0 bridgehead atoms. The summed E-state index contributed by atoms with van der Waals surface area (Å²) >= 11 is 0. The van der Waals surface area contributed by atoms with Crippen LogP contribution in [0.5, 0.6) is 0 Å². The zero-order valence-corrected chi connectivity index (χ0v) is 16.3. The number of rotatable bonds is 5. The number of carbonyl (C=O) groups is 2. The molecule has 0 atom stereocenters. The Kier molecular flexibility index (Phi) is 5.65. The van der Waals surface area contributed by atoms with E-state index in [1.807, 2.05) is 17.9 Å². The van der Waals surface area contributed by atoms with Crippen LogP contribution in [0.3, 0.4) is 0 Å². The van der Waals surface area contributed by atoms with Gasteiger partial charge >= 0.3 is 5.97 Å². The van der Waals surface area contributed by atoms with Gasteiger partial charge in [0.1, 0.15) is 5.69 Å². The van der Waals surface area contributed by atoms with Gasteiger partial charge in [0.2, 0.25) is 0 Å². The van der Waals surface area contributed by atoms with Gasteiger partial charge < -0.3 is 19.1 Å². The minimum atomic E-state index is -0.394. The van der Waals surface area contributed by atoms with E-state index in [2.05, 4.69) is 15.0 Å². The Labute approximate surface area is 158 Å². The third kappa shape index (κ3) is 4.05. The van der Waals surface area contributed by atoms with Crippen LogP contribution >= 0.6 is 0 Å². The molecule has 1 N–H and O–H groups in total. The van der Waals surface area contributed by atoms with Crippen LogP contribution in [0.4, 0.5) is 0 Å². The molecule has 3 rings (SSSR count). The summed E-state index contributed by atoms with van der Waals surface area (Å²) in [4.78, 5) is 32.2. The topological polar surface area (TPSA) is 91.7 Å². The quantitative estimate of drug-likeness (QED) is 0.806. The fourth-order valence-electron chi connectivity index (χ4n) is 3.45. The molecule has 27 heavy (non-hydrogen) atoms. The normalized spacial score (nSPS) is 15.2. The largest absolute Gasteiger partial charge is 0.462 e. The van der Waals surface area contributed by atoms with Crippen molar-refractivity contribution < 1.29 is 18.8 Å². The number of ether oxygens (including phenoxy) is 1. The summed E-state index contributed by atoms with van der Waals surface area (Å²) < 4.78 is 10.4. The lowest BCUT2D eigenvalue weighted by atomic mass is 10.1. The Morgan fingerprint density at radius 1 is 1.22 bits per heavy atom. The van der Waals surface area contributed by atoms with Crippen molar-refractivity contribution in [1.29, 1.82) is 0 Å². The molecule has 1 fully saturated rings. The minimum absolute atomic E-state index is 0.0821. The summed E-state index contributed by atoms with van der Waals surface area (Å²) in [5.74, 6) is 0.360. The number of nitrogens with zero attached hydrogens (tertiary/aromatic N) is 3. The number of amides is 1. The number of piperazine rings is 1. The van der Waals surface area contributed by atoms with E-state index in [9.17, 15) is 9.59 Å². The second-order valence-corrected chi connectivity index (χ2v) is 6.85. The van der Waals surface area contributed by atoms with E-state index < -0.39 is 5.97 Å². The van der Waals surface area contributed by atoms with Gasteiger partial charge in [0, 0.05) is 37.9 Å². The van der Waals surface area contributed by atoms with Crippen molar-refractivity contribution in [2.75, 3.05) is 32.8 Å². The first-order valence-corrected chi connectivity index (χ1v) is 9.20. The number of aryl methyl sites for hydroxylation is 2. The zero-order valence-electron chi connectivity index (χ0n) is 16.3. The summed E-state index contributed by atoms with van der Waals surface area (Å²) in [6.07, 6.45) is 0. The molecule has 3 heterocycles. The van der Waals surface area contributed by atoms with Crippen LogP contribution in [0, 0.1) is 20.8 Å². The van der Waals surface area contributed by atoms with Crippen molar-refractivity contribution in [3.8, 4) is 0 Å². The highest BCUT2D eigenvalue weighted by atomic mass is 16.5. The fraction of sp³-hybridized carbons (Fsp3) is 0.526. The number of nitrogens with one attached hydrogen (secondary N) is 1. The van der Waals surface area contributed by atoms with Gasteiger partial charge in [-0.25, -0.2) is 4.79 Å². The number of aromatic nitrogens is 2. The minimum Gasteiger partial charge on any atom is -0.462 e. The Balaban J connectivity index is 1.64. The number of aromatic amines is 1. The number of esters is 1. The molecule has 1 amide bonds. The lowest BCUT2D eigenvalue weighted by Crippen LogP contribution is -2.48. The van der Waals surface area contributed by atoms with E-state index in [-0.39, 0.29) is 5.91 Å². The molecule has 1 aliphatic rings. The smallest absolute Gasteiger partial charge is 0.340 e. The van der Waals surface area contributed by atoms with Crippen molar-refractivity contribution in [2.24, 2.45) is 0 Å². The first-order valence-electron chi connectivity index (χ1n) is 9.20. The van der Waals surface area contributed by atoms with Gasteiger partial charge in [-0.3, -0.25) is 9.69 Å². The zero-order chi connectivity index (χ0) is 19.6. The molecule has 0 saturated carbocycles. The molecule has 1 aliphatic heterocycles. The third-order valence-corrected chi connectivity index (χ3v) is 4.85. The van der Waals surface area contributed by atoms with Crippen LogP contribution in [0.25, 0.3) is 0 Å². The van der Waals surface area contributed by atoms with Crippen molar-refractivity contribution >= 4 is 11.9 Å². The average Bonchev–Trinajstić information content (AvgIpc) is 3.17. The van der Waals surface area contributed by atoms with E-state index in [0.717, 1.165) is 24.5 Å². The van der Waals surface area contributed by atoms with Gasteiger partial charge in [0.15, 0.2) is 5.76 Å². The van der Waals surface area contributed by atoms with Gasteiger partial charge in [0.25, 0.3) is 5.91 Å². The van der Waals surface area contributed by atoms with Crippen LogP contribution in [-0.2, 0) is 11.3 Å². The van der Waals surface area contributed by atoms with Crippen LogP contribution in [-0.4, -0.2) is 64.6 Å². The van der Waals surface area contributed by atoms with Crippen LogP contribution in [0.15, 0.2) is 10.6 Å². The van der Waals surface area contributed by atoms with E-state index >= 15 is 0 Å². The standard InChI is InChI=1S/C19H26N4O4/c1-5-26-19(25)16-13(3)17(20-14(16)4)18(24)23-8-6-22(7-9-23)11-15-10-12(2)21-27-15/h10,20H,5-9,11H2,1-4H3. The molecule has 1 saturated heterocycles. The lowest BCUT2D eigenvalue weighted by Gasteiger charge is -2.34. The maximum absolute atomic E-state index is 12.9. The van der Waals surface area contributed by atoms with Crippen LogP contribution in [0.1, 0.15) is 50.5 Å². The predicted molar refractivity (Wildman–Crippen MR) is 98.6 cm³/mol. The van der Waals surface area contributed by atoms with Crippen LogP contribution < -0.4 is 0 Å². The van der Waals surface area contributed by atoms with Gasteiger partial charge in [0.05, 0.1) is 24.4 Å². The first-order chi connectivity index (χ1) is 12.9. The van der Waals surface area contributed by atoms with E-state index in [1.165, 1.54) is 0 Å². The molecular weight excluding hydrogens is 348 g/mol. The maximum Gasteiger partial charge on any atom is 0.340 e. The van der Waals surface area contributed by atoms with Crippen LogP contribution in [0.2, 0.25) is 0 Å². The Morgan fingerprint density at radius 3 is 2.52 bits per heavy atom.